The lowest BCUT2D eigenvalue weighted by molar-refractivity contribution is -0.137. The van der Waals surface area contributed by atoms with Crippen LogP contribution in [-0.2, 0) is 32.3 Å². The molecule has 0 fully saturated rings. The molecule has 6 aromatic heterocycles. The number of rotatable bonds is 18. The van der Waals surface area contributed by atoms with Crippen molar-refractivity contribution < 1.29 is 33.9 Å². The third kappa shape index (κ3) is 18.2. The Bertz CT molecular complexity index is 3310. The maximum atomic E-state index is 13.3. The molecule has 0 aliphatic heterocycles. The molecular weight excluding hydrogens is 1110 g/mol. The fourth-order valence-electron chi connectivity index (χ4n) is 7.49. The van der Waals surface area contributed by atoms with Crippen molar-refractivity contribution in [3.63, 3.8) is 0 Å². The molecule has 20 nitrogen and oxygen atoms in total. The van der Waals surface area contributed by atoms with Gasteiger partial charge in [-0.15, -0.1) is 0 Å². The van der Waals surface area contributed by atoms with E-state index in [0.717, 1.165) is 39.0 Å². The first kappa shape index (κ1) is 61.3. The van der Waals surface area contributed by atoms with E-state index in [1.54, 1.807) is 76.6 Å². The second kappa shape index (κ2) is 29.2. The maximum Gasteiger partial charge on any atom is 0.323 e. The van der Waals surface area contributed by atoms with Gasteiger partial charge in [-0.3, -0.25) is 28.8 Å². The van der Waals surface area contributed by atoms with Crippen molar-refractivity contribution in [2.75, 3.05) is 27.8 Å². The number of benzene rings is 2. The average molecular weight is 1180 g/mol. The second-order valence-electron chi connectivity index (χ2n) is 17.7. The maximum absolute atomic E-state index is 13.3. The minimum atomic E-state index is -0.958. The number of amides is 3. The number of carbonyl (C=O) groups excluding carboxylic acids is 5. The third-order valence-electron chi connectivity index (χ3n) is 11.0. The van der Waals surface area contributed by atoms with Crippen molar-refractivity contribution in [2.45, 2.75) is 88.4 Å². The SMILES string of the molecule is C.C.CC(=O)c1cn(CC(=O)N(CC(=O)Nc2cccc(Br)n2)C(C)C)c2ccc(Nc3cncnc3)cc12.CC(=O)c1cn(CC(=O)O)c2ccc(Nc3cncnc3)cc12.CC(C)CCC(=O)Nc1cccc(Br)n1. The molecule has 404 valence electrons. The summed E-state index contributed by atoms with van der Waals surface area (Å²) in [6, 6.07) is 21.4. The van der Waals surface area contributed by atoms with Crippen molar-refractivity contribution in [3.05, 3.63) is 143 Å². The molecule has 0 radical (unpaired) electrons. The number of aromatic nitrogens is 8. The van der Waals surface area contributed by atoms with E-state index < -0.39 is 5.97 Å². The average Bonchev–Trinajstić information content (AvgIpc) is 3.91. The van der Waals surface area contributed by atoms with Gasteiger partial charge in [-0.2, -0.15) is 0 Å². The number of carboxylic acid groups (broad SMARTS) is 1. The molecule has 0 spiro atoms. The largest absolute Gasteiger partial charge is 0.480 e. The molecule has 6 heterocycles. The van der Waals surface area contributed by atoms with Crippen LogP contribution in [0.15, 0.2) is 132 Å². The highest BCUT2D eigenvalue weighted by Crippen LogP contribution is 2.29. The molecule has 2 aromatic carbocycles. The zero-order valence-electron chi connectivity index (χ0n) is 41.9. The van der Waals surface area contributed by atoms with Gasteiger partial charge in [0.1, 0.15) is 53.1 Å². The number of ketones is 2. The fourth-order valence-corrected chi connectivity index (χ4v) is 8.18. The van der Waals surface area contributed by atoms with Crippen LogP contribution in [0.25, 0.3) is 21.8 Å². The number of carbonyl (C=O) groups is 6. The molecule has 8 aromatic rings. The lowest BCUT2D eigenvalue weighted by Crippen LogP contribution is -2.43. The lowest BCUT2D eigenvalue weighted by atomic mass is 10.1. The molecule has 5 N–H and O–H groups in total. The van der Waals surface area contributed by atoms with Crippen LogP contribution in [0, 0.1) is 5.92 Å². The highest BCUT2D eigenvalue weighted by molar-refractivity contribution is 9.10. The number of Topliss-reactive ketones (excluding diaryl/α,β-unsaturated/α-hetero) is 2. The normalized spacial score (nSPS) is 10.5. The number of nitrogens with one attached hydrogen (secondary N) is 4. The molecule has 77 heavy (non-hydrogen) atoms. The molecule has 0 aliphatic rings. The molecule has 0 aliphatic carbocycles. The summed E-state index contributed by atoms with van der Waals surface area (Å²) in [6.45, 7) is 10.5. The summed E-state index contributed by atoms with van der Waals surface area (Å²) in [7, 11) is 0. The van der Waals surface area contributed by atoms with Crippen LogP contribution in [0.4, 0.5) is 34.4 Å². The lowest BCUT2D eigenvalue weighted by Gasteiger charge is -2.26. The van der Waals surface area contributed by atoms with Gasteiger partial charge in [0.2, 0.25) is 17.7 Å². The van der Waals surface area contributed by atoms with Crippen LogP contribution in [0.3, 0.4) is 0 Å². The topological polar surface area (TPSA) is 261 Å². The summed E-state index contributed by atoms with van der Waals surface area (Å²) >= 11 is 6.53. The Labute approximate surface area is 463 Å². The number of aliphatic carboxylic acids is 1. The van der Waals surface area contributed by atoms with E-state index in [0.29, 0.717) is 56.3 Å². The van der Waals surface area contributed by atoms with Gasteiger partial charge < -0.3 is 40.4 Å². The number of hydrogen-bond donors (Lipinski definition) is 5. The predicted octanol–water partition coefficient (Wildman–Crippen LogP) is 11.4. The van der Waals surface area contributed by atoms with Crippen LogP contribution >= 0.6 is 31.9 Å². The van der Waals surface area contributed by atoms with Crippen molar-refractivity contribution in [3.8, 4) is 0 Å². The van der Waals surface area contributed by atoms with E-state index in [9.17, 15) is 28.8 Å². The minimum Gasteiger partial charge on any atom is -0.480 e. The smallest absolute Gasteiger partial charge is 0.323 e. The molecule has 22 heteroatoms. The van der Waals surface area contributed by atoms with Gasteiger partial charge in [-0.1, -0.05) is 40.8 Å². The summed E-state index contributed by atoms with van der Waals surface area (Å²) in [5, 5.41) is 22.3. The number of hydrogen-bond acceptors (Lipinski definition) is 14. The van der Waals surface area contributed by atoms with Crippen molar-refractivity contribution >= 4 is 123 Å². The van der Waals surface area contributed by atoms with Gasteiger partial charge in [-0.25, -0.2) is 29.9 Å². The van der Waals surface area contributed by atoms with Crippen molar-refractivity contribution in [1.82, 2.24) is 43.9 Å². The van der Waals surface area contributed by atoms with Crippen LogP contribution in [0.1, 0.15) is 90.0 Å². The molecule has 0 unspecified atom stereocenters. The highest BCUT2D eigenvalue weighted by atomic mass is 79.9. The van der Waals surface area contributed by atoms with Gasteiger partial charge in [0.05, 0.1) is 36.2 Å². The fraction of sp³-hybridized carbons (Fsp3) is 0.273. The van der Waals surface area contributed by atoms with Crippen LogP contribution in [-0.4, -0.2) is 96.9 Å². The van der Waals surface area contributed by atoms with E-state index in [-0.39, 0.29) is 69.8 Å². The Morgan fingerprint density at radius 3 is 1.45 bits per heavy atom. The van der Waals surface area contributed by atoms with E-state index in [1.165, 1.54) is 31.4 Å². The minimum absolute atomic E-state index is 0. The third-order valence-corrected chi connectivity index (χ3v) is 11.9. The monoisotopic (exact) mass is 1180 g/mol. The first-order valence-electron chi connectivity index (χ1n) is 23.5. The summed E-state index contributed by atoms with van der Waals surface area (Å²) in [5.74, 6) is -0.223. The number of halogens is 2. The molecule has 0 bridgehead atoms. The zero-order chi connectivity index (χ0) is 54.2. The van der Waals surface area contributed by atoms with Gasteiger partial charge in [0, 0.05) is 69.2 Å². The number of fused-ring (bicyclic) bond motifs is 2. The Morgan fingerprint density at radius 1 is 0.610 bits per heavy atom. The van der Waals surface area contributed by atoms with Crippen LogP contribution in [0.2, 0.25) is 0 Å². The summed E-state index contributed by atoms with van der Waals surface area (Å²) < 4.78 is 4.62. The van der Waals surface area contributed by atoms with Crippen molar-refractivity contribution in [2.24, 2.45) is 5.92 Å². The van der Waals surface area contributed by atoms with Crippen molar-refractivity contribution in [1.29, 1.82) is 0 Å². The van der Waals surface area contributed by atoms with Crippen LogP contribution in [0.5, 0.6) is 0 Å². The quantitative estimate of drug-likeness (QED) is 0.0395. The molecule has 0 saturated heterocycles. The highest BCUT2D eigenvalue weighted by Gasteiger charge is 2.23. The second-order valence-corrected chi connectivity index (χ2v) is 19.3. The first-order valence-corrected chi connectivity index (χ1v) is 25.1. The van der Waals surface area contributed by atoms with Gasteiger partial charge in [0.25, 0.3) is 0 Å². The molecule has 3 amide bonds. The van der Waals surface area contributed by atoms with E-state index in [1.807, 2.05) is 56.3 Å². The molecular formula is C55H63Br2N13O7. The number of nitrogens with zero attached hydrogens (tertiary/aromatic N) is 9. The summed E-state index contributed by atoms with van der Waals surface area (Å²) in [6.07, 6.45) is 14.2. The number of carboxylic acids is 1. The van der Waals surface area contributed by atoms with Gasteiger partial charge >= 0.3 is 5.97 Å². The van der Waals surface area contributed by atoms with E-state index >= 15 is 0 Å². The molecule has 0 saturated carbocycles. The number of anilines is 6. The number of pyridine rings is 2. The van der Waals surface area contributed by atoms with E-state index in [4.69, 9.17) is 5.11 Å². The van der Waals surface area contributed by atoms with Gasteiger partial charge in [-0.05, 0) is 133 Å². The Morgan fingerprint density at radius 2 is 1.05 bits per heavy atom. The standard InChI is InChI=1S/C26H26BrN7O3.C16H14N4O3.C11H15BrN2O.2CH4/c1-16(2)34(13-25(36)32-24-6-4-5-23(27)31-24)26(37)14-33-12-21(17(3)35)20-9-18(7-8-22(20)33)30-19-10-28-15-29-11-19;1-10(21)14-7-20(8-16(22)23)15-3-2-11(4-13(14)15)19-12-5-17-9-18-6-12;1-8(2)6-7-11(15)14-10-5-3-4-9(12)13-10;;/h4-12,15-16,30H,13-14H2,1-3H3,(H,31,32,36);2-7,9,19H,8H2,1H3,(H,22,23);3-5,8H,6-7H2,1-2H3,(H,13,14,15);2*1H4. The Hall–Kier alpha value is -8.24. The zero-order valence-corrected chi connectivity index (χ0v) is 45.1. The van der Waals surface area contributed by atoms with E-state index in [2.05, 4.69) is 96.9 Å². The predicted molar refractivity (Wildman–Crippen MR) is 308 cm³/mol. The molecule has 8 rings (SSSR count). The summed E-state index contributed by atoms with van der Waals surface area (Å²) in [4.78, 5) is 98.3. The van der Waals surface area contributed by atoms with Gasteiger partial charge in [0.15, 0.2) is 11.6 Å². The first-order chi connectivity index (χ1) is 35.8. The Balaban J connectivity index is 0.000000273. The van der Waals surface area contributed by atoms with Crippen LogP contribution < -0.4 is 21.3 Å². The molecule has 0 atom stereocenters. The Kier molecular flexibility index (Phi) is 23.2. The summed E-state index contributed by atoms with van der Waals surface area (Å²) in [5.41, 5.74) is 5.40.